The summed E-state index contributed by atoms with van der Waals surface area (Å²) in [6, 6.07) is 7.78. The lowest BCUT2D eigenvalue weighted by molar-refractivity contribution is -0.147. The van der Waals surface area contributed by atoms with E-state index in [2.05, 4.69) is 5.32 Å². The second-order valence-corrected chi connectivity index (χ2v) is 7.46. The zero-order valence-electron chi connectivity index (χ0n) is 14.6. The smallest absolute Gasteiger partial charge is 0.323 e. The lowest BCUT2D eigenvalue weighted by Crippen LogP contribution is -2.54. The van der Waals surface area contributed by atoms with E-state index in [4.69, 9.17) is 5.11 Å². The molecule has 1 saturated heterocycles. The highest BCUT2D eigenvalue weighted by Crippen LogP contribution is 2.18. The van der Waals surface area contributed by atoms with Crippen LogP contribution in [0.2, 0.25) is 0 Å². The van der Waals surface area contributed by atoms with E-state index >= 15 is 0 Å². The Balaban J connectivity index is 2.04. The van der Waals surface area contributed by atoms with Crippen LogP contribution in [0.3, 0.4) is 0 Å². The molecule has 142 valence electrons. The SMILES string of the molecule is C[C@@H]1CSC[C@H](N[C@@H](CCc2ccccc2)C(=O)O)C(=O)N1CC(=O)O. The molecule has 8 heteroatoms. The molecule has 1 amide bonds. The number of aryl methyl sites for hydroxylation is 1. The molecule has 0 aromatic heterocycles. The van der Waals surface area contributed by atoms with Crippen molar-refractivity contribution in [1.82, 2.24) is 10.2 Å². The van der Waals surface area contributed by atoms with Crippen molar-refractivity contribution in [3.63, 3.8) is 0 Å². The van der Waals surface area contributed by atoms with Crippen LogP contribution in [0.5, 0.6) is 0 Å². The third-order valence-corrected chi connectivity index (χ3v) is 5.61. The molecule has 0 unspecified atom stereocenters. The van der Waals surface area contributed by atoms with Gasteiger partial charge in [0.1, 0.15) is 12.6 Å². The minimum Gasteiger partial charge on any atom is -0.480 e. The van der Waals surface area contributed by atoms with Crippen LogP contribution in [0.4, 0.5) is 0 Å². The lowest BCUT2D eigenvalue weighted by Gasteiger charge is -2.29. The first kappa shape index (κ1) is 20.3. The summed E-state index contributed by atoms with van der Waals surface area (Å²) < 4.78 is 0. The molecular weight excluding hydrogens is 356 g/mol. The molecule has 3 N–H and O–H groups in total. The monoisotopic (exact) mass is 380 g/mol. The van der Waals surface area contributed by atoms with Crippen LogP contribution in [-0.2, 0) is 20.8 Å². The summed E-state index contributed by atoms with van der Waals surface area (Å²) in [5, 5.41) is 21.5. The van der Waals surface area contributed by atoms with Gasteiger partial charge >= 0.3 is 11.9 Å². The van der Waals surface area contributed by atoms with Gasteiger partial charge in [0.25, 0.3) is 0 Å². The second-order valence-electron chi connectivity index (χ2n) is 6.38. The van der Waals surface area contributed by atoms with Gasteiger partial charge in [-0.2, -0.15) is 11.8 Å². The van der Waals surface area contributed by atoms with E-state index < -0.39 is 24.0 Å². The number of rotatable bonds is 8. The van der Waals surface area contributed by atoms with Crippen molar-refractivity contribution in [3.05, 3.63) is 35.9 Å². The van der Waals surface area contributed by atoms with Gasteiger partial charge in [-0.15, -0.1) is 0 Å². The molecule has 0 radical (unpaired) electrons. The first-order valence-electron chi connectivity index (χ1n) is 8.51. The van der Waals surface area contributed by atoms with Gasteiger partial charge in [0.2, 0.25) is 5.91 Å². The summed E-state index contributed by atoms with van der Waals surface area (Å²) in [4.78, 5) is 36.7. The zero-order valence-corrected chi connectivity index (χ0v) is 15.4. The summed E-state index contributed by atoms with van der Waals surface area (Å²) in [7, 11) is 0. The number of thioether (sulfide) groups is 1. The normalized spacial score (nSPS) is 21.9. The number of hydrogen-bond acceptors (Lipinski definition) is 5. The maximum atomic E-state index is 12.7. The van der Waals surface area contributed by atoms with Gasteiger partial charge in [0.15, 0.2) is 0 Å². The number of nitrogens with one attached hydrogen (secondary N) is 1. The maximum Gasteiger partial charge on any atom is 0.323 e. The molecule has 2 rings (SSSR count). The predicted molar refractivity (Wildman–Crippen MR) is 99.2 cm³/mol. The van der Waals surface area contributed by atoms with Gasteiger partial charge in [-0.25, -0.2) is 0 Å². The molecule has 0 saturated carbocycles. The fourth-order valence-electron chi connectivity index (χ4n) is 2.91. The van der Waals surface area contributed by atoms with Gasteiger partial charge < -0.3 is 15.1 Å². The van der Waals surface area contributed by atoms with Crippen LogP contribution in [0.15, 0.2) is 30.3 Å². The van der Waals surface area contributed by atoms with E-state index in [0.717, 1.165) is 5.56 Å². The molecule has 1 aliphatic rings. The Labute approximate surface area is 156 Å². The molecule has 26 heavy (non-hydrogen) atoms. The lowest BCUT2D eigenvalue weighted by atomic mass is 10.0. The van der Waals surface area contributed by atoms with Gasteiger partial charge in [0.05, 0.1) is 6.04 Å². The van der Waals surface area contributed by atoms with Gasteiger partial charge in [0, 0.05) is 17.5 Å². The van der Waals surface area contributed by atoms with Crippen molar-refractivity contribution in [3.8, 4) is 0 Å². The van der Waals surface area contributed by atoms with E-state index in [1.807, 2.05) is 30.3 Å². The van der Waals surface area contributed by atoms with E-state index in [-0.39, 0.29) is 18.5 Å². The molecule has 1 aromatic carbocycles. The molecule has 1 aliphatic heterocycles. The van der Waals surface area contributed by atoms with Crippen molar-refractivity contribution in [2.75, 3.05) is 18.1 Å². The Morgan fingerprint density at radius 2 is 1.96 bits per heavy atom. The quantitative estimate of drug-likeness (QED) is 0.619. The number of carboxylic acid groups (broad SMARTS) is 2. The van der Waals surface area contributed by atoms with Crippen LogP contribution in [0.25, 0.3) is 0 Å². The Bertz CT molecular complexity index is 640. The average Bonchev–Trinajstić information content (AvgIpc) is 2.72. The minimum absolute atomic E-state index is 0.206. The van der Waals surface area contributed by atoms with Crippen LogP contribution >= 0.6 is 11.8 Å². The van der Waals surface area contributed by atoms with Crippen LogP contribution in [0.1, 0.15) is 18.9 Å². The summed E-state index contributed by atoms with van der Waals surface area (Å²) >= 11 is 1.52. The van der Waals surface area contributed by atoms with Crippen molar-refractivity contribution in [1.29, 1.82) is 0 Å². The summed E-state index contributed by atoms with van der Waals surface area (Å²) in [5.74, 6) is -1.39. The van der Waals surface area contributed by atoms with Crippen molar-refractivity contribution >= 4 is 29.6 Å². The van der Waals surface area contributed by atoms with Crippen LogP contribution in [0, 0.1) is 0 Å². The third kappa shape index (κ3) is 5.74. The molecule has 1 heterocycles. The Hall–Kier alpha value is -2.06. The fourth-order valence-corrected chi connectivity index (χ4v) is 4.04. The third-order valence-electron chi connectivity index (χ3n) is 4.33. The standard InChI is InChI=1S/C18H24N2O5S/c1-12-10-26-11-15(17(23)20(12)9-16(21)22)19-14(18(24)25)8-7-13-5-3-2-4-6-13/h2-6,12,14-15,19H,7-11H2,1H3,(H,21,22)(H,24,25)/t12-,14+,15+/m1/s1. The van der Waals surface area contributed by atoms with E-state index in [0.29, 0.717) is 24.3 Å². The number of carbonyl (C=O) groups excluding carboxylic acids is 1. The van der Waals surface area contributed by atoms with E-state index in [1.165, 1.54) is 16.7 Å². The number of carboxylic acids is 2. The predicted octanol–water partition coefficient (Wildman–Crippen LogP) is 1.08. The minimum atomic E-state index is -1.07. The van der Waals surface area contributed by atoms with Crippen molar-refractivity contribution < 1.29 is 24.6 Å². The highest BCUT2D eigenvalue weighted by Gasteiger charge is 2.34. The first-order valence-corrected chi connectivity index (χ1v) is 9.66. The number of aliphatic carboxylic acids is 2. The van der Waals surface area contributed by atoms with Gasteiger partial charge in [-0.1, -0.05) is 30.3 Å². The van der Waals surface area contributed by atoms with Gasteiger partial charge in [-0.05, 0) is 25.3 Å². The van der Waals surface area contributed by atoms with Crippen LogP contribution in [-0.4, -0.2) is 69.1 Å². The number of amides is 1. The molecular formula is C18H24N2O5S. The average molecular weight is 380 g/mol. The maximum absolute atomic E-state index is 12.7. The number of nitrogens with zero attached hydrogens (tertiary/aromatic N) is 1. The topological polar surface area (TPSA) is 107 Å². The highest BCUT2D eigenvalue weighted by atomic mass is 32.2. The summed E-state index contributed by atoms with van der Waals surface area (Å²) in [6.07, 6.45) is 0.927. The van der Waals surface area contributed by atoms with E-state index in [1.54, 1.807) is 6.92 Å². The molecule has 7 nitrogen and oxygen atoms in total. The van der Waals surface area contributed by atoms with E-state index in [9.17, 15) is 19.5 Å². The molecule has 1 aromatic rings. The fraction of sp³-hybridized carbons (Fsp3) is 0.500. The highest BCUT2D eigenvalue weighted by molar-refractivity contribution is 7.99. The first-order chi connectivity index (χ1) is 12.4. The molecule has 1 fully saturated rings. The number of benzene rings is 1. The van der Waals surface area contributed by atoms with Crippen molar-refractivity contribution in [2.24, 2.45) is 0 Å². The van der Waals surface area contributed by atoms with Gasteiger partial charge in [-0.3, -0.25) is 19.7 Å². The second kappa shape index (κ2) is 9.59. The number of hydrogen-bond donors (Lipinski definition) is 3. The Morgan fingerprint density at radius 1 is 1.27 bits per heavy atom. The molecule has 3 atom stereocenters. The zero-order chi connectivity index (χ0) is 19.1. The Kier molecular flexibility index (Phi) is 7.47. The van der Waals surface area contributed by atoms with Crippen LogP contribution < -0.4 is 5.32 Å². The summed E-state index contributed by atoms with van der Waals surface area (Å²) in [5.41, 5.74) is 1.03. The molecule has 0 bridgehead atoms. The van der Waals surface area contributed by atoms with Crippen molar-refractivity contribution in [2.45, 2.75) is 37.9 Å². The molecule has 0 aliphatic carbocycles. The largest absolute Gasteiger partial charge is 0.480 e. The number of carbonyl (C=O) groups is 3. The Morgan fingerprint density at radius 3 is 2.58 bits per heavy atom. The summed E-state index contributed by atoms with van der Waals surface area (Å²) in [6.45, 7) is 1.43. The molecule has 0 spiro atoms.